The van der Waals surface area contributed by atoms with Crippen LogP contribution in [0.15, 0.2) is 22.7 Å². The summed E-state index contributed by atoms with van der Waals surface area (Å²) >= 11 is 3.50. The van der Waals surface area contributed by atoms with Gasteiger partial charge in [0.05, 0.1) is 0 Å². The van der Waals surface area contributed by atoms with Crippen LogP contribution >= 0.6 is 15.9 Å². The maximum absolute atomic E-state index is 13.2. The Bertz CT molecular complexity index is 435. The molecule has 3 atom stereocenters. The maximum Gasteiger partial charge on any atom is 0.124 e. The molecule has 1 nitrogen and oxygen atoms in total. The molecule has 0 radical (unpaired) electrons. The van der Waals surface area contributed by atoms with E-state index in [4.69, 9.17) is 0 Å². The van der Waals surface area contributed by atoms with Gasteiger partial charge in [0.2, 0.25) is 0 Å². The Morgan fingerprint density at radius 3 is 2.72 bits per heavy atom. The summed E-state index contributed by atoms with van der Waals surface area (Å²) in [5.74, 6) is 0.341. The van der Waals surface area contributed by atoms with Crippen LogP contribution in [0.2, 0.25) is 0 Å². The van der Waals surface area contributed by atoms with Crippen LogP contribution in [-0.2, 0) is 0 Å². The Labute approximate surface area is 117 Å². The number of hydrogen-bond acceptors (Lipinski definition) is 1. The van der Waals surface area contributed by atoms with E-state index in [-0.39, 0.29) is 11.2 Å². The van der Waals surface area contributed by atoms with Crippen LogP contribution < -0.4 is 5.32 Å². The number of halogens is 2. The standard InChI is InChI=1S/C15H21BrFN/c1-4-15(3)12(9-14(15)18-5-2)11-7-6-10(17)8-13(11)16/h6-8,12,14,18H,4-5,9H2,1-3H3. The third-order valence-electron chi connectivity index (χ3n) is 4.61. The van der Waals surface area contributed by atoms with Gasteiger partial charge < -0.3 is 5.32 Å². The molecule has 1 aliphatic rings. The highest BCUT2D eigenvalue weighted by atomic mass is 79.9. The first-order valence-electron chi connectivity index (χ1n) is 6.71. The fourth-order valence-corrected chi connectivity index (χ4v) is 3.81. The molecule has 100 valence electrons. The van der Waals surface area contributed by atoms with Crippen molar-refractivity contribution in [2.24, 2.45) is 5.41 Å². The topological polar surface area (TPSA) is 12.0 Å². The molecule has 3 unspecified atom stereocenters. The molecule has 1 fully saturated rings. The van der Waals surface area contributed by atoms with Gasteiger partial charge in [-0.25, -0.2) is 4.39 Å². The van der Waals surface area contributed by atoms with E-state index >= 15 is 0 Å². The summed E-state index contributed by atoms with van der Waals surface area (Å²) in [5.41, 5.74) is 1.52. The lowest BCUT2D eigenvalue weighted by atomic mass is 9.54. The minimum Gasteiger partial charge on any atom is -0.314 e. The van der Waals surface area contributed by atoms with E-state index in [1.165, 1.54) is 5.56 Å². The predicted octanol–water partition coefficient (Wildman–Crippen LogP) is 4.47. The molecule has 1 saturated carbocycles. The predicted molar refractivity (Wildman–Crippen MR) is 77.3 cm³/mol. The van der Waals surface area contributed by atoms with Gasteiger partial charge in [0.25, 0.3) is 0 Å². The van der Waals surface area contributed by atoms with Crippen LogP contribution in [0.3, 0.4) is 0 Å². The van der Waals surface area contributed by atoms with Crippen LogP contribution in [0, 0.1) is 11.2 Å². The Hall–Kier alpha value is -0.410. The first-order chi connectivity index (χ1) is 8.52. The van der Waals surface area contributed by atoms with Crippen molar-refractivity contribution in [2.45, 2.75) is 45.6 Å². The summed E-state index contributed by atoms with van der Waals surface area (Å²) in [6, 6.07) is 5.65. The van der Waals surface area contributed by atoms with Gasteiger partial charge in [0.1, 0.15) is 5.82 Å². The third-order valence-corrected chi connectivity index (χ3v) is 5.30. The van der Waals surface area contributed by atoms with E-state index in [0.29, 0.717) is 12.0 Å². The largest absolute Gasteiger partial charge is 0.314 e. The van der Waals surface area contributed by atoms with E-state index in [0.717, 1.165) is 23.9 Å². The fourth-order valence-electron chi connectivity index (χ4n) is 3.18. The van der Waals surface area contributed by atoms with Crippen LogP contribution in [0.4, 0.5) is 4.39 Å². The minimum absolute atomic E-state index is 0.175. The number of nitrogens with one attached hydrogen (secondary N) is 1. The summed E-state index contributed by atoms with van der Waals surface area (Å²) < 4.78 is 14.1. The highest BCUT2D eigenvalue weighted by Gasteiger charge is 2.50. The van der Waals surface area contributed by atoms with Gasteiger partial charge in [-0.3, -0.25) is 0 Å². The van der Waals surface area contributed by atoms with Crippen LogP contribution in [0.1, 0.15) is 45.1 Å². The molecule has 18 heavy (non-hydrogen) atoms. The molecule has 1 aromatic rings. The third kappa shape index (κ3) is 2.23. The Balaban J connectivity index is 2.24. The van der Waals surface area contributed by atoms with Crippen molar-refractivity contribution in [3.05, 3.63) is 34.1 Å². The molecule has 1 N–H and O–H groups in total. The highest BCUT2D eigenvalue weighted by Crippen LogP contribution is 2.56. The zero-order chi connectivity index (χ0) is 13.3. The molecular weight excluding hydrogens is 293 g/mol. The molecule has 0 aromatic heterocycles. The van der Waals surface area contributed by atoms with Crippen LogP contribution in [-0.4, -0.2) is 12.6 Å². The quantitative estimate of drug-likeness (QED) is 0.864. The van der Waals surface area contributed by atoms with Gasteiger partial charge in [0, 0.05) is 10.5 Å². The van der Waals surface area contributed by atoms with Crippen molar-refractivity contribution in [2.75, 3.05) is 6.54 Å². The van der Waals surface area contributed by atoms with Crippen molar-refractivity contribution >= 4 is 15.9 Å². The van der Waals surface area contributed by atoms with Gasteiger partial charge in [-0.05, 0) is 48.4 Å². The van der Waals surface area contributed by atoms with Crippen LogP contribution in [0.25, 0.3) is 0 Å². The number of benzene rings is 1. The first-order valence-corrected chi connectivity index (χ1v) is 7.50. The van der Waals surface area contributed by atoms with Crippen LogP contribution in [0.5, 0.6) is 0 Å². The Morgan fingerprint density at radius 2 is 2.17 bits per heavy atom. The van der Waals surface area contributed by atoms with Crippen molar-refractivity contribution in [3.8, 4) is 0 Å². The summed E-state index contributed by atoms with van der Waals surface area (Å²) in [4.78, 5) is 0. The SMILES string of the molecule is CCNC1CC(c2ccc(F)cc2Br)C1(C)CC. The van der Waals surface area contributed by atoms with E-state index in [1.54, 1.807) is 12.1 Å². The zero-order valence-corrected chi connectivity index (χ0v) is 12.8. The molecule has 0 aliphatic heterocycles. The summed E-state index contributed by atoms with van der Waals surface area (Å²) in [6.07, 6.45) is 2.28. The molecule has 0 spiro atoms. The average molecular weight is 314 g/mol. The monoisotopic (exact) mass is 313 g/mol. The molecule has 0 bridgehead atoms. The fraction of sp³-hybridized carbons (Fsp3) is 0.600. The van der Waals surface area contributed by atoms with E-state index in [2.05, 4.69) is 42.0 Å². The number of hydrogen-bond donors (Lipinski definition) is 1. The van der Waals surface area contributed by atoms with Crippen molar-refractivity contribution in [3.63, 3.8) is 0 Å². The second-order valence-corrected chi connectivity index (χ2v) is 6.28. The second kappa shape index (κ2) is 5.30. The summed E-state index contributed by atoms with van der Waals surface area (Å²) in [5, 5.41) is 3.56. The molecule has 1 aliphatic carbocycles. The maximum atomic E-state index is 13.2. The molecule has 2 rings (SSSR count). The van der Waals surface area contributed by atoms with Gasteiger partial charge in [0.15, 0.2) is 0 Å². The smallest absolute Gasteiger partial charge is 0.124 e. The Kier molecular flexibility index (Phi) is 4.12. The van der Waals surface area contributed by atoms with Crippen molar-refractivity contribution < 1.29 is 4.39 Å². The molecule has 0 heterocycles. The molecule has 0 saturated heterocycles. The average Bonchev–Trinajstić information content (AvgIpc) is 2.34. The molecular formula is C15H21BrFN. The highest BCUT2D eigenvalue weighted by molar-refractivity contribution is 9.10. The van der Waals surface area contributed by atoms with E-state index in [9.17, 15) is 4.39 Å². The van der Waals surface area contributed by atoms with E-state index in [1.807, 2.05) is 6.07 Å². The van der Waals surface area contributed by atoms with Gasteiger partial charge in [-0.15, -0.1) is 0 Å². The molecule has 0 amide bonds. The number of rotatable bonds is 4. The Morgan fingerprint density at radius 1 is 1.44 bits per heavy atom. The van der Waals surface area contributed by atoms with Gasteiger partial charge in [-0.2, -0.15) is 0 Å². The summed E-state index contributed by atoms with van der Waals surface area (Å²) in [6.45, 7) is 7.74. The molecule has 3 heteroatoms. The van der Waals surface area contributed by atoms with Gasteiger partial charge in [-0.1, -0.05) is 42.8 Å². The van der Waals surface area contributed by atoms with E-state index < -0.39 is 0 Å². The summed E-state index contributed by atoms with van der Waals surface area (Å²) in [7, 11) is 0. The molecule has 1 aromatic carbocycles. The van der Waals surface area contributed by atoms with Crippen molar-refractivity contribution in [1.29, 1.82) is 0 Å². The zero-order valence-electron chi connectivity index (χ0n) is 11.3. The lowest BCUT2D eigenvalue weighted by Crippen LogP contribution is -2.56. The normalized spacial score (nSPS) is 31.2. The first kappa shape index (κ1) is 14.0. The minimum atomic E-state index is -0.175. The van der Waals surface area contributed by atoms with Crippen molar-refractivity contribution in [1.82, 2.24) is 5.32 Å². The van der Waals surface area contributed by atoms with Gasteiger partial charge >= 0.3 is 0 Å². The lowest BCUT2D eigenvalue weighted by molar-refractivity contribution is 0.0451. The lowest BCUT2D eigenvalue weighted by Gasteiger charge is -2.55. The second-order valence-electron chi connectivity index (χ2n) is 5.42.